The predicted octanol–water partition coefficient (Wildman–Crippen LogP) is 5.26. The van der Waals surface area contributed by atoms with Gasteiger partial charge in [-0.2, -0.15) is 0 Å². The number of hydrogen-bond donors (Lipinski definition) is 1. The molecule has 1 N–H and O–H groups in total. The molecule has 0 unspecified atom stereocenters. The fourth-order valence-electron chi connectivity index (χ4n) is 4.84. The van der Waals surface area contributed by atoms with E-state index in [0.29, 0.717) is 12.1 Å². The van der Waals surface area contributed by atoms with Crippen molar-refractivity contribution in [1.82, 2.24) is 10.2 Å². The number of fused-ring (bicyclic) bond motifs is 1. The second-order valence-corrected chi connectivity index (χ2v) is 9.20. The van der Waals surface area contributed by atoms with Crippen LogP contribution < -0.4 is 10.2 Å². The standard InChI is InChI=1S/C31H31N3O/c1-2-17-34-20-16-29-21-28(12-13-30(29)34)26-8-10-27(11-9-26)31(35)32-22-24-14-18-33(19-15-24)23-25-6-4-3-5-7-25/h3-14,21H,15-16,18-20,22-23H2,1H3,(H,32,35). The van der Waals surface area contributed by atoms with Gasteiger partial charge in [-0.15, -0.1) is 0 Å². The molecule has 0 aromatic heterocycles. The fourth-order valence-corrected chi connectivity index (χ4v) is 4.84. The third-order valence-corrected chi connectivity index (χ3v) is 6.81. The van der Waals surface area contributed by atoms with Crippen molar-refractivity contribution in [1.29, 1.82) is 0 Å². The number of anilines is 1. The lowest BCUT2D eigenvalue weighted by molar-refractivity contribution is 0.0956. The fraction of sp³-hybridized carbons (Fsp3) is 0.258. The van der Waals surface area contributed by atoms with Gasteiger partial charge in [-0.25, -0.2) is 0 Å². The Morgan fingerprint density at radius 2 is 1.74 bits per heavy atom. The highest BCUT2D eigenvalue weighted by atomic mass is 16.1. The molecule has 0 atom stereocenters. The van der Waals surface area contributed by atoms with Crippen molar-refractivity contribution in [3.63, 3.8) is 0 Å². The van der Waals surface area contributed by atoms with Gasteiger partial charge in [0.05, 0.1) is 5.69 Å². The summed E-state index contributed by atoms with van der Waals surface area (Å²) in [6.07, 6.45) is 4.26. The Hall–Kier alpha value is -3.81. The van der Waals surface area contributed by atoms with Gasteiger partial charge in [0, 0.05) is 44.3 Å². The summed E-state index contributed by atoms with van der Waals surface area (Å²) in [5.74, 6) is 2.97. The van der Waals surface area contributed by atoms with Crippen LogP contribution in [0.2, 0.25) is 0 Å². The number of amides is 1. The third-order valence-electron chi connectivity index (χ3n) is 6.81. The van der Waals surface area contributed by atoms with Gasteiger partial charge in [0.1, 0.15) is 0 Å². The summed E-state index contributed by atoms with van der Waals surface area (Å²) in [5.41, 5.74) is 8.18. The van der Waals surface area contributed by atoms with E-state index in [2.05, 4.69) is 81.7 Å². The van der Waals surface area contributed by atoms with E-state index < -0.39 is 0 Å². The first-order valence-corrected chi connectivity index (χ1v) is 12.4. The minimum atomic E-state index is -0.0214. The maximum Gasteiger partial charge on any atom is 0.251 e. The van der Waals surface area contributed by atoms with E-state index in [1.165, 1.54) is 28.0 Å². The van der Waals surface area contributed by atoms with Crippen molar-refractivity contribution in [2.75, 3.05) is 31.1 Å². The van der Waals surface area contributed by atoms with Gasteiger partial charge < -0.3 is 10.2 Å². The molecule has 0 aliphatic carbocycles. The molecule has 0 saturated heterocycles. The average Bonchev–Trinajstić information content (AvgIpc) is 3.31. The Morgan fingerprint density at radius 3 is 2.49 bits per heavy atom. The molecule has 1 amide bonds. The lowest BCUT2D eigenvalue weighted by Gasteiger charge is -2.26. The molecule has 176 valence electrons. The van der Waals surface area contributed by atoms with Gasteiger partial charge in [-0.05, 0) is 66.3 Å². The van der Waals surface area contributed by atoms with Crippen LogP contribution >= 0.6 is 0 Å². The van der Waals surface area contributed by atoms with Crippen molar-refractivity contribution < 1.29 is 4.79 Å². The van der Waals surface area contributed by atoms with E-state index >= 15 is 0 Å². The molecule has 2 heterocycles. The van der Waals surface area contributed by atoms with Crippen LogP contribution in [-0.2, 0) is 13.0 Å². The van der Waals surface area contributed by atoms with Crippen molar-refractivity contribution in [2.24, 2.45) is 0 Å². The van der Waals surface area contributed by atoms with E-state index in [-0.39, 0.29) is 5.91 Å². The highest BCUT2D eigenvalue weighted by Gasteiger charge is 2.18. The number of carbonyl (C=O) groups is 1. The molecule has 3 aromatic carbocycles. The van der Waals surface area contributed by atoms with Crippen molar-refractivity contribution in [2.45, 2.75) is 26.3 Å². The van der Waals surface area contributed by atoms with Crippen LogP contribution in [0.15, 0.2) is 84.4 Å². The minimum Gasteiger partial charge on any atom is -0.348 e. The van der Waals surface area contributed by atoms with Crippen LogP contribution in [0.1, 0.15) is 34.8 Å². The van der Waals surface area contributed by atoms with E-state index in [1.54, 1.807) is 0 Å². The van der Waals surface area contributed by atoms with Crippen LogP contribution in [0.4, 0.5) is 5.69 Å². The molecule has 0 spiro atoms. The van der Waals surface area contributed by atoms with Gasteiger partial charge in [0.2, 0.25) is 0 Å². The maximum absolute atomic E-state index is 12.7. The molecule has 4 nitrogen and oxygen atoms in total. The molecule has 35 heavy (non-hydrogen) atoms. The summed E-state index contributed by atoms with van der Waals surface area (Å²) in [6, 6.07) is 28.2. The smallest absolute Gasteiger partial charge is 0.251 e. The summed E-state index contributed by atoms with van der Waals surface area (Å²) in [4.78, 5) is 17.3. The number of hydrogen-bond acceptors (Lipinski definition) is 3. The van der Waals surface area contributed by atoms with Gasteiger partial charge in [0.15, 0.2) is 0 Å². The summed E-state index contributed by atoms with van der Waals surface area (Å²) in [5, 5.41) is 3.10. The molecule has 2 aliphatic heterocycles. The van der Waals surface area contributed by atoms with Crippen LogP contribution in [0.5, 0.6) is 0 Å². The van der Waals surface area contributed by atoms with Crippen molar-refractivity contribution in [3.8, 4) is 23.1 Å². The normalized spacial score (nSPS) is 15.1. The number of nitrogens with zero attached hydrogens (tertiary/aromatic N) is 2. The maximum atomic E-state index is 12.7. The van der Waals surface area contributed by atoms with Crippen LogP contribution in [-0.4, -0.2) is 37.0 Å². The first-order chi connectivity index (χ1) is 17.2. The molecule has 2 aliphatic rings. The first kappa shape index (κ1) is 23.0. The lowest BCUT2D eigenvalue weighted by Crippen LogP contribution is -2.32. The summed E-state index contributed by atoms with van der Waals surface area (Å²) in [7, 11) is 0. The monoisotopic (exact) mass is 461 g/mol. The number of rotatable bonds is 6. The first-order valence-electron chi connectivity index (χ1n) is 12.4. The van der Waals surface area contributed by atoms with E-state index in [1.807, 2.05) is 31.2 Å². The topological polar surface area (TPSA) is 35.6 Å². The molecule has 0 bridgehead atoms. The van der Waals surface area contributed by atoms with Gasteiger partial charge in [0.25, 0.3) is 5.91 Å². The zero-order valence-corrected chi connectivity index (χ0v) is 20.3. The quantitative estimate of drug-likeness (QED) is 0.402. The Bertz CT molecular complexity index is 1280. The van der Waals surface area contributed by atoms with Gasteiger partial charge >= 0.3 is 0 Å². The SMILES string of the molecule is CC#CN1CCc2cc(-c3ccc(C(=O)NCC4=CCN(Cc5ccccc5)CC4)cc3)ccc21. The van der Waals surface area contributed by atoms with E-state index in [0.717, 1.165) is 44.6 Å². The molecular weight excluding hydrogens is 430 g/mol. The Balaban J connectivity index is 1.15. The molecular formula is C31H31N3O. The molecule has 0 fully saturated rings. The minimum absolute atomic E-state index is 0.0214. The summed E-state index contributed by atoms with van der Waals surface area (Å²) >= 11 is 0. The van der Waals surface area contributed by atoms with Gasteiger partial charge in [-0.1, -0.05) is 66.1 Å². The molecule has 3 aromatic rings. The highest BCUT2D eigenvalue weighted by molar-refractivity contribution is 5.94. The average molecular weight is 462 g/mol. The third kappa shape index (κ3) is 5.48. The molecule has 5 rings (SSSR count). The number of nitrogens with one attached hydrogen (secondary N) is 1. The van der Waals surface area contributed by atoms with Crippen LogP contribution in [0.3, 0.4) is 0 Å². The van der Waals surface area contributed by atoms with Crippen molar-refractivity contribution in [3.05, 3.63) is 101 Å². The van der Waals surface area contributed by atoms with E-state index in [4.69, 9.17) is 0 Å². The summed E-state index contributed by atoms with van der Waals surface area (Å²) in [6.45, 7) is 6.35. The zero-order valence-electron chi connectivity index (χ0n) is 20.3. The van der Waals surface area contributed by atoms with Crippen LogP contribution in [0.25, 0.3) is 11.1 Å². The van der Waals surface area contributed by atoms with Gasteiger partial charge in [-0.3, -0.25) is 9.69 Å². The van der Waals surface area contributed by atoms with Crippen LogP contribution in [0, 0.1) is 12.0 Å². The predicted molar refractivity (Wildman–Crippen MR) is 143 cm³/mol. The molecule has 0 saturated carbocycles. The van der Waals surface area contributed by atoms with E-state index in [9.17, 15) is 4.79 Å². The second-order valence-electron chi connectivity index (χ2n) is 9.20. The number of benzene rings is 3. The second kappa shape index (κ2) is 10.6. The largest absolute Gasteiger partial charge is 0.348 e. The molecule has 0 radical (unpaired) electrons. The number of carbonyl (C=O) groups excluding carboxylic acids is 1. The Morgan fingerprint density at radius 1 is 0.943 bits per heavy atom. The molecule has 4 heteroatoms. The highest BCUT2D eigenvalue weighted by Crippen LogP contribution is 2.32. The van der Waals surface area contributed by atoms with Crippen molar-refractivity contribution >= 4 is 11.6 Å². The lowest BCUT2D eigenvalue weighted by atomic mass is 10.0. The zero-order chi connectivity index (χ0) is 24.0. The Labute approximate surface area is 208 Å². The Kier molecular flexibility index (Phi) is 6.97. The summed E-state index contributed by atoms with van der Waals surface area (Å²) < 4.78 is 0.